The first-order chi connectivity index (χ1) is 8.35. The summed E-state index contributed by atoms with van der Waals surface area (Å²) in [6, 6.07) is 4.28. The number of nitro groups is 1. The number of nitrogens with zero attached hydrogens (tertiary/aromatic N) is 1. The van der Waals surface area contributed by atoms with Crippen molar-refractivity contribution >= 4 is 37.1 Å². The fraction of sp³-hybridized carbons (Fsp3) is 0.400. The van der Waals surface area contributed by atoms with Gasteiger partial charge in [-0.2, -0.15) is 0 Å². The lowest BCUT2D eigenvalue weighted by Gasteiger charge is -2.08. The second kappa shape index (κ2) is 6.14. The van der Waals surface area contributed by atoms with E-state index in [0.717, 1.165) is 0 Å². The van der Waals surface area contributed by atoms with Gasteiger partial charge in [0.15, 0.2) is 9.84 Å². The van der Waals surface area contributed by atoms with E-state index >= 15 is 0 Å². The van der Waals surface area contributed by atoms with Crippen LogP contribution in [0.15, 0.2) is 22.7 Å². The first-order valence-electron chi connectivity index (χ1n) is 5.24. The number of hydrogen-bond acceptors (Lipinski definition) is 5. The van der Waals surface area contributed by atoms with Gasteiger partial charge in [-0.1, -0.05) is 6.92 Å². The molecule has 100 valence electrons. The maximum absolute atomic E-state index is 11.3. The van der Waals surface area contributed by atoms with Crippen molar-refractivity contribution < 1.29 is 13.3 Å². The van der Waals surface area contributed by atoms with Crippen LogP contribution in [-0.4, -0.2) is 31.4 Å². The number of nitro benzene ring substituents is 1. The fourth-order valence-electron chi connectivity index (χ4n) is 1.25. The van der Waals surface area contributed by atoms with Crippen LogP contribution in [0.1, 0.15) is 6.92 Å². The van der Waals surface area contributed by atoms with Crippen LogP contribution in [0.25, 0.3) is 0 Å². The Morgan fingerprint density at radius 1 is 1.44 bits per heavy atom. The molecule has 0 saturated carbocycles. The van der Waals surface area contributed by atoms with Crippen molar-refractivity contribution in [2.45, 2.75) is 6.92 Å². The number of halogens is 1. The Hall–Kier alpha value is -1.15. The molecule has 0 heterocycles. The average molecular weight is 337 g/mol. The number of anilines is 1. The van der Waals surface area contributed by atoms with Gasteiger partial charge in [0.1, 0.15) is 0 Å². The van der Waals surface area contributed by atoms with Crippen molar-refractivity contribution in [2.75, 3.05) is 23.4 Å². The molecule has 0 aliphatic heterocycles. The van der Waals surface area contributed by atoms with Gasteiger partial charge in [-0.25, -0.2) is 8.42 Å². The lowest BCUT2D eigenvalue weighted by atomic mass is 10.3. The van der Waals surface area contributed by atoms with Crippen LogP contribution >= 0.6 is 15.9 Å². The zero-order valence-corrected chi connectivity index (χ0v) is 12.1. The molecule has 18 heavy (non-hydrogen) atoms. The van der Waals surface area contributed by atoms with Gasteiger partial charge in [0, 0.05) is 34.6 Å². The maximum atomic E-state index is 11.3. The second-order valence-electron chi connectivity index (χ2n) is 3.58. The monoisotopic (exact) mass is 336 g/mol. The number of benzene rings is 1. The van der Waals surface area contributed by atoms with Gasteiger partial charge in [-0.15, -0.1) is 0 Å². The molecule has 1 aromatic carbocycles. The molecule has 0 spiro atoms. The predicted octanol–water partition coefficient (Wildman–Crippen LogP) is 2.20. The summed E-state index contributed by atoms with van der Waals surface area (Å²) in [7, 11) is -3.01. The average Bonchev–Trinajstić information content (AvgIpc) is 2.31. The molecule has 0 aliphatic rings. The number of hydrogen-bond donors (Lipinski definition) is 1. The summed E-state index contributed by atoms with van der Waals surface area (Å²) in [5, 5.41) is 13.5. The van der Waals surface area contributed by atoms with Crippen molar-refractivity contribution in [1.29, 1.82) is 0 Å². The number of rotatable bonds is 6. The molecule has 1 rings (SSSR count). The SMILES string of the molecule is CCS(=O)(=O)CCNc1ccc([N+](=O)[O-])cc1Br. The third-order valence-corrected chi connectivity index (χ3v) is 4.69. The summed E-state index contributed by atoms with van der Waals surface area (Å²) >= 11 is 3.20. The third kappa shape index (κ3) is 4.26. The quantitative estimate of drug-likeness (QED) is 0.635. The van der Waals surface area contributed by atoms with E-state index in [0.29, 0.717) is 10.2 Å². The van der Waals surface area contributed by atoms with Gasteiger partial charge in [-0.05, 0) is 22.0 Å². The summed E-state index contributed by atoms with van der Waals surface area (Å²) in [6.45, 7) is 1.86. The van der Waals surface area contributed by atoms with Crippen molar-refractivity contribution in [3.05, 3.63) is 32.8 Å². The molecular formula is C10H13BrN2O4S. The van der Waals surface area contributed by atoms with E-state index < -0.39 is 14.8 Å². The molecule has 1 N–H and O–H groups in total. The maximum Gasteiger partial charge on any atom is 0.270 e. The van der Waals surface area contributed by atoms with Crippen molar-refractivity contribution in [1.82, 2.24) is 0 Å². The molecule has 0 atom stereocenters. The van der Waals surface area contributed by atoms with E-state index in [1.54, 1.807) is 13.0 Å². The zero-order chi connectivity index (χ0) is 13.8. The summed E-state index contributed by atoms with van der Waals surface area (Å²) in [5.41, 5.74) is 0.612. The number of sulfone groups is 1. The van der Waals surface area contributed by atoms with Gasteiger partial charge in [0.05, 0.1) is 10.7 Å². The summed E-state index contributed by atoms with van der Waals surface area (Å²) in [6.07, 6.45) is 0. The van der Waals surface area contributed by atoms with Gasteiger partial charge in [-0.3, -0.25) is 10.1 Å². The van der Waals surface area contributed by atoms with Crippen LogP contribution in [-0.2, 0) is 9.84 Å². The van der Waals surface area contributed by atoms with E-state index in [-0.39, 0.29) is 23.7 Å². The van der Waals surface area contributed by atoms with Gasteiger partial charge in [0.2, 0.25) is 0 Å². The Morgan fingerprint density at radius 2 is 2.11 bits per heavy atom. The van der Waals surface area contributed by atoms with Crippen LogP contribution in [0.3, 0.4) is 0 Å². The molecule has 0 saturated heterocycles. The minimum atomic E-state index is -3.01. The molecule has 0 unspecified atom stereocenters. The van der Waals surface area contributed by atoms with Gasteiger partial charge < -0.3 is 5.32 Å². The first-order valence-corrected chi connectivity index (χ1v) is 7.85. The van der Waals surface area contributed by atoms with E-state index in [1.807, 2.05) is 0 Å². The highest BCUT2D eigenvalue weighted by Crippen LogP contribution is 2.26. The van der Waals surface area contributed by atoms with Gasteiger partial charge >= 0.3 is 0 Å². The topological polar surface area (TPSA) is 89.3 Å². The summed E-state index contributed by atoms with van der Waals surface area (Å²) < 4.78 is 23.1. The number of nitrogens with one attached hydrogen (secondary N) is 1. The lowest BCUT2D eigenvalue weighted by Crippen LogP contribution is -2.17. The Kier molecular flexibility index (Phi) is 5.09. The lowest BCUT2D eigenvalue weighted by molar-refractivity contribution is -0.384. The highest BCUT2D eigenvalue weighted by atomic mass is 79.9. The first kappa shape index (κ1) is 14.9. The fourth-order valence-corrected chi connectivity index (χ4v) is 2.46. The molecular weight excluding hydrogens is 324 g/mol. The summed E-state index contributed by atoms with van der Waals surface area (Å²) in [4.78, 5) is 10.0. The van der Waals surface area contributed by atoms with E-state index in [9.17, 15) is 18.5 Å². The van der Waals surface area contributed by atoms with Gasteiger partial charge in [0.25, 0.3) is 5.69 Å². The highest BCUT2D eigenvalue weighted by molar-refractivity contribution is 9.10. The normalized spacial score (nSPS) is 11.2. The smallest absolute Gasteiger partial charge is 0.270 e. The largest absolute Gasteiger partial charge is 0.383 e. The van der Waals surface area contributed by atoms with Crippen LogP contribution in [0.4, 0.5) is 11.4 Å². The Balaban J connectivity index is 2.67. The van der Waals surface area contributed by atoms with E-state index in [4.69, 9.17) is 0 Å². The molecule has 1 aromatic rings. The zero-order valence-electron chi connectivity index (χ0n) is 9.72. The number of non-ortho nitro benzene ring substituents is 1. The molecule has 0 radical (unpaired) electrons. The summed E-state index contributed by atoms with van der Waals surface area (Å²) in [5.74, 6) is 0.142. The van der Waals surface area contributed by atoms with Crippen LogP contribution < -0.4 is 5.32 Å². The minimum absolute atomic E-state index is 0.0198. The highest BCUT2D eigenvalue weighted by Gasteiger charge is 2.10. The van der Waals surface area contributed by atoms with Crippen molar-refractivity contribution in [2.24, 2.45) is 0 Å². The van der Waals surface area contributed by atoms with E-state index in [2.05, 4.69) is 21.2 Å². The minimum Gasteiger partial charge on any atom is -0.383 e. The van der Waals surface area contributed by atoms with Crippen LogP contribution in [0, 0.1) is 10.1 Å². The van der Waals surface area contributed by atoms with E-state index in [1.165, 1.54) is 12.1 Å². The Bertz CT molecular complexity index is 545. The molecule has 0 aromatic heterocycles. The molecule has 0 aliphatic carbocycles. The molecule has 0 bridgehead atoms. The molecule has 0 fully saturated rings. The third-order valence-electron chi connectivity index (χ3n) is 2.33. The molecule has 0 amide bonds. The second-order valence-corrected chi connectivity index (χ2v) is 6.91. The molecule has 6 nitrogen and oxygen atoms in total. The molecule has 8 heteroatoms. The predicted molar refractivity (Wildman–Crippen MR) is 73.6 cm³/mol. The standard InChI is InChI=1S/C10H13BrN2O4S/c1-2-18(16,17)6-5-12-10-4-3-8(13(14)15)7-9(10)11/h3-4,7,12H,2,5-6H2,1H3. The Labute approximate surface area is 114 Å². The van der Waals surface area contributed by atoms with Crippen LogP contribution in [0.2, 0.25) is 0 Å². The Morgan fingerprint density at radius 3 is 2.61 bits per heavy atom. The van der Waals surface area contributed by atoms with Crippen molar-refractivity contribution in [3.8, 4) is 0 Å². The van der Waals surface area contributed by atoms with Crippen molar-refractivity contribution in [3.63, 3.8) is 0 Å². The van der Waals surface area contributed by atoms with Crippen LogP contribution in [0.5, 0.6) is 0 Å².